The Bertz CT molecular complexity index is 433. The van der Waals surface area contributed by atoms with E-state index in [4.69, 9.17) is 0 Å². The monoisotopic (exact) mass is 205 g/mol. The minimum absolute atomic E-state index is 0.656. The highest BCUT2D eigenvalue weighted by molar-refractivity contribution is 7.78. The summed E-state index contributed by atoms with van der Waals surface area (Å²) in [6.07, 6.45) is 0. The third kappa shape index (κ3) is 1.83. The smallest absolute Gasteiger partial charge is 0.0836 e. The normalized spacial score (nSPS) is 9.85. The van der Waals surface area contributed by atoms with Crippen molar-refractivity contribution >= 4 is 38.8 Å². The van der Waals surface area contributed by atoms with Crippen molar-refractivity contribution in [3.8, 4) is 0 Å². The van der Waals surface area contributed by atoms with E-state index in [-0.39, 0.29) is 0 Å². The van der Waals surface area contributed by atoms with Gasteiger partial charge < -0.3 is 0 Å². The summed E-state index contributed by atoms with van der Waals surface area (Å²) in [5.41, 5.74) is 0. The number of hydrogen-bond acceptors (Lipinski definition) is 3. The molecule has 1 aromatic carbocycles. The van der Waals surface area contributed by atoms with Crippen LogP contribution in [0, 0.1) is 0 Å². The zero-order chi connectivity index (χ0) is 9.10. The third-order valence-corrected chi connectivity index (χ3v) is 3.01. The van der Waals surface area contributed by atoms with Gasteiger partial charge in [0, 0.05) is 9.58 Å². The topological polar surface area (TPSA) is 12.4 Å². The fraction of sp³-hybridized carbons (Fsp3) is 0.100. The highest BCUT2D eigenvalue weighted by Gasteiger charge is 1.98. The zero-order valence-electron chi connectivity index (χ0n) is 6.86. The fourth-order valence-corrected chi connectivity index (χ4v) is 2.28. The quantitative estimate of drug-likeness (QED) is 0.540. The number of thiophene rings is 1. The molecule has 1 heterocycles. The Balaban J connectivity index is 2.43. The van der Waals surface area contributed by atoms with Gasteiger partial charge in [0.15, 0.2) is 0 Å². The van der Waals surface area contributed by atoms with E-state index >= 15 is 0 Å². The van der Waals surface area contributed by atoms with Gasteiger partial charge in [0.25, 0.3) is 0 Å². The Morgan fingerprint density at radius 1 is 1.38 bits per heavy atom. The second kappa shape index (κ2) is 3.79. The van der Waals surface area contributed by atoms with E-state index < -0.39 is 0 Å². The molecule has 2 aromatic rings. The second-order valence-electron chi connectivity index (χ2n) is 2.66. The molecular weight excluding hydrogens is 198 g/mol. The Hall–Kier alpha value is -1.02. The lowest BCUT2D eigenvalue weighted by Crippen LogP contribution is -1.69. The van der Waals surface area contributed by atoms with E-state index in [0.717, 1.165) is 0 Å². The first-order valence-corrected chi connectivity index (χ1v) is 5.14. The van der Waals surface area contributed by atoms with Crippen LogP contribution in [0.4, 0.5) is 0 Å². The van der Waals surface area contributed by atoms with Gasteiger partial charge in [0.05, 0.1) is 11.7 Å². The molecule has 1 aromatic heterocycles. The van der Waals surface area contributed by atoms with Crippen LogP contribution in [0.25, 0.3) is 10.1 Å². The standard InChI is InChI=1S/C10H7NS2/c12-7-11-6-9-5-8-3-1-2-4-10(8)13-9/h1-5H,6H2. The number of rotatable bonds is 2. The van der Waals surface area contributed by atoms with Crippen molar-refractivity contribution in [2.75, 3.05) is 0 Å². The molecule has 0 fully saturated rings. The molecule has 0 bridgehead atoms. The van der Waals surface area contributed by atoms with Gasteiger partial charge in [0.1, 0.15) is 0 Å². The Morgan fingerprint density at radius 3 is 3.00 bits per heavy atom. The van der Waals surface area contributed by atoms with Crippen LogP contribution in [0.3, 0.4) is 0 Å². The number of nitrogens with zero attached hydrogens (tertiary/aromatic N) is 1. The van der Waals surface area contributed by atoms with Gasteiger partial charge in [-0.05, 0) is 29.7 Å². The number of fused-ring (bicyclic) bond motifs is 1. The Morgan fingerprint density at radius 2 is 2.23 bits per heavy atom. The van der Waals surface area contributed by atoms with Crippen LogP contribution in [0.2, 0.25) is 0 Å². The minimum atomic E-state index is 0.656. The van der Waals surface area contributed by atoms with Crippen LogP contribution in [0.15, 0.2) is 35.3 Å². The lowest BCUT2D eigenvalue weighted by atomic mass is 10.2. The van der Waals surface area contributed by atoms with Gasteiger partial charge in [0.2, 0.25) is 0 Å². The summed E-state index contributed by atoms with van der Waals surface area (Å²) >= 11 is 6.28. The number of benzene rings is 1. The summed E-state index contributed by atoms with van der Waals surface area (Å²) in [4.78, 5) is 5.15. The maximum Gasteiger partial charge on any atom is 0.0836 e. The van der Waals surface area contributed by atoms with Crippen molar-refractivity contribution in [2.24, 2.45) is 4.99 Å². The highest BCUT2D eigenvalue weighted by atomic mass is 32.1. The number of hydrogen-bond donors (Lipinski definition) is 0. The average molecular weight is 205 g/mol. The molecular formula is C10H7NS2. The molecule has 13 heavy (non-hydrogen) atoms. The third-order valence-electron chi connectivity index (χ3n) is 1.78. The van der Waals surface area contributed by atoms with Crippen LogP contribution in [0.5, 0.6) is 0 Å². The van der Waals surface area contributed by atoms with Crippen molar-refractivity contribution < 1.29 is 0 Å². The van der Waals surface area contributed by atoms with Crippen LogP contribution in [-0.4, -0.2) is 5.16 Å². The van der Waals surface area contributed by atoms with Crippen LogP contribution < -0.4 is 0 Å². The molecule has 3 heteroatoms. The van der Waals surface area contributed by atoms with Crippen molar-refractivity contribution in [1.82, 2.24) is 0 Å². The van der Waals surface area contributed by atoms with E-state index in [1.54, 1.807) is 11.3 Å². The minimum Gasteiger partial charge on any atom is -0.227 e. The number of aliphatic imine (C=N–C) groups is 1. The number of isothiocyanates is 1. The van der Waals surface area contributed by atoms with Gasteiger partial charge in [-0.15, -0.1) is 11.3 Å². The lowest BCUT2D eigenvalue weighted by Gasteiger charge is -1.82. The van der Waals surface area contributed by atoms with Crippen molar-refractivity contribution in [3.63, 3.8) is 0 Å². The lowest BCUT2D eigenvalue weighted by molar-refractivity contribution is 1.12. The predicted molar refractivity (Wildman–Crippen MR) is 60.6 cm³/mol. The molecule has 1 nitrogen and oxygen atoms in total. The van der Waals surface area contributed by atoms with Crippen LogP contribution >= 0.6 is 23.6 Å². The Labute approximate surface area is 85.7 Å². The first-order chi connectivity index (χ1) is 6.40. The summed E-state index contributed by atoms with van der Waals surface area (Å²) < 4.78 is 1.30. The fourth-order valence-electron chi connectivity index (χ4n) is 1.22. The maximum absolute atomic E-state index is 4.52. The highest BCUT2D eigenvalue weighted by Crippen LogP contribution is 2.25. The predicted octanol–water partition coefficient (Wildman–Crippen LogP) is 3.50. The van der Waals surface area contributed by atoms with Crippen molar-refractivity contribution in [2.45, 2.75) is 6.54 Å². The van der Waals surface area contributed by atoms with Gasteiger partial charge in [-0.1, -0.05) is 18.2 Å². The molecule has 0 aliphatic heterocycles. The first-order valence-electron chi connectivity index (χ1n) is 3.91. The summed E-state index contributed by atoms with van der Waals surface area (Å²) in [5, 5.41) is 3.66. The molecule has 0 aliphatic rings. The molecule has 0 aliphatic carbocycles. The summed E-state index contributed by atoms with van der Waals surface area (Å²) in [6.45, 7) is 0.656. The SMILES string of the molecule is S=C=NCc1cc2ccccc2s1. The molecule has 0 unspecified atom stereocenters. The molecule has 0 saturated carbocycles. The Kier molecular flexibility index (Phi) is 2.50. The van der Waals surface area contributed by atoms with E-state index in [1.807, 2.05) is 12.1 Å². The second-order valence-corrected chi connectivity index (χ2v) is 4.01. The number of thiocarbonyl (C=S) groups is 1. The van der Waals surface area contributed by atoms with E-state index in [2.05, 4.69) is 40.6 Å². The van der Waals surface area contributed by atoms with Crippen molar-refractivity contribution in [1.29, 1.82) is 0 Å². The maximum atomic E-state index is 4.52. The summed E-state index contributed by atoms with van der Waals surface area (Å²) in [7, 11) is 0. The van der Waals surface area contributed by atoms with Crippen LogP contribution in [0.1, 0.15) is 4.88 Å². The first kappa shape index (κ1) is 8.57. The average Bonchev–Trinajstić information content (AvgIpc) is 2.57. The molecule has 64 valence electrons. The van der Waals surface area contributed by atoms with Gasteiger partial charge in [-0.25, -0.2) is 4.99 Å². The van der Waals surface area contributed by atoms with Crippen molar-refractivity contribution in [3.05, 3.63) is 35.2 Å². The van der Waals surface area contributed by atoms with Gasteiger partial charge >= 0.3 is 0 Å². The van der Waals surface area contributed by atoms with Gasteiger partial charge in [-0.3, -0.25) is 0 Å². The molecule has 0 N–H and O–H groups in total. The zero-order valence-corrected chi connectivity index (χ0v) is 8.49. The van der Waals surface area contributed by atoms with E-state index in [1.165, 1.54) is 15.0 Å². The van der Waals surface area contributed by atoms with Crippen LogP contribution in [-0.2, 0) is 6.54 Å². The molecule has 0 atom stereocenters. The summed E-state index contributed by atoms with van der Waals surface area (Å²) in [5.74, 6) is 0. The molecule has 0 radical (unpaired) electrons. The molecule has 0 saturated heterocycles. The molecule has 2 rings (SSSR count). The van der Waals surface area contributed by atoms with E-state index in [0.29, 0.717) is 6.54 Å². The largest absolute Gasteiger partial charge is 0.227 e. The van der Waals surface area contributed by atoms with Gasteiger partial charge in [-0.2, -0.15) is 0 Å². The molecule has 0 spiro atoms. The summed E-state index contributed by atoms with van der Waals surface area (Å²) in [6, 6.07) is 10.5. The van der Waals surface area contributed by atoms with E-state index in [9.17, 15) is 0 Å². The molecule has 0 amide bonds.